The normalized spacial score (nSPS) is 23.5. The van der Waals surface area contributed by atoms with Gasteiger partial charge in [0.25, 0.3) is 10.0 Å². The van der Waals surface area contributed by atoms with E-state index in [9.17, 15) is 8.42 Å². The van der Waals surface area contributed by atoms with Gasteiger partial charge in [0.05, 0.1) is 17.4 Å². The van der Waals surface area contributed by atoms with E-state index in [-0.39, 0.29) is 10.4 Å². The molecule has 1 aromatic rings. The maximum Gasteiger partial charge on any atom is 0.255 e. The number of thiazole rings is 1. The maximum atomic E-state index is 12.1. The Hall–Kier alpha value is -0.500. The van der Waals surface area contributed by atoms with Gasteiger partial charge in [-0.2, -0.15) is 4.31 Å². The fraction of sp³-hybridized carbons (Fsp3) is 0.625. The molecule has 2 rings (SSSR count). The topological polar surface area (TPSA) is 76.3 Å². The van der Waals surface area contributed by atoms with E-state index >= 15 is 0 Å². The maximum absolute atomic E-state index is 12.1. The van der Waals surface area contributed by atoms with Gasteiger partial charge in [-0.1, -0.05) is 0 Å². The van der Waals surface area contributed by atoms with Crippen LogP contribution in [0.2, 0.25) is 0 Å². The van der Waals surface area contributed by atoms with Gasteiger partial charge in [0.15, 0.2) is 4.21 Å². The van der Waals surface area contributed by atoms with Gasteiger partial charge in [-0.15, -0.1) is 11.3 Å². The van der Waals surface area contributed by atoms with Crippen molar-refractivity contribution in [3.8, 4) is 0 Å². The first-order chi connectivity index (χ1) is 7.01. The molecule has 0 bridgehead atoms. The van der Waals surface area contributed by atoms with Crippen LogP contribution in [0.3, 0.4) is 0 Å². The molecule has 1 atom stereocenters. The number of hydrogen-bond acceptors (Lipinski definition) is 5. The molecule has 0 aromatic carbocycles. The fourth-order valence-corrected chi connectivity index (χ4v) is 4.46. The Balaban J connectivity index is 2.34. The molecule has 5 nitrogen and oxygen atoms in total. The second kappa shape index (κ2) is 3.82. The van der Waals surface area contributed by atoms with Gasteiger partial charge in [-0.05, 0) is 19.8 Å². The van der Waals surface area contributed by atoms with Gasteiger partial charge >= 0.3 is 0 Å². The Bertz CT molecular complexity index is 454. The van der Waals surface area contributed by atoms with Crippen LogP contribution >= 0.6 is 11.3 Å². The van der Waals surface area contributed by atoms with E-state index in [4.69, 9.17) is 5.73 Å². The zero-order chi connectivity index (χ0) is 11.1. The van der Waals surface area contributed by atoms with Crippen molar-refractivity contribution in [2.75, 3.05) is 6.54 Å². The number of hydrogen-bond donors (Lipinski definition) is 1. The molecule has 0 aliphatic carbocycles. The largest absolute Gasteiger partial charge is 0.315 e. The van der Waals surface area contributed by atoms with Crippen LogP contribution in [0.4, 0.5) is 0 Å². The van der Waals surface area contributed by atoms with Crippen LogP contribution in [0.25, 0.3) is 0 Å². The molecule has 2 N–H and O–H groups in total. The first kappa shape index (κ1) is 11.0. The smallest absolute Gasteiger partial charge is 0.255 e. The average molecular weight is 247 g/mol. The molecule has 84 valence electrons. The minimum atomic E-state index is -3.40. The molecule has 1 aliphatic heterocycles. The van der Waals surface area contributed by atoms with Gasteiger partial charge in [-0.25, -0.2) is 13.4 Å². The minimum absolute atomic E-state index is 0.289. The third-order valence-electron chi connectivity index (χ3n) is 2.41. The summed E-state index contributed by atoms with van der Waals surface area (Å²) < 4.78 is 25.8. The Morgan fingerprint density at radius 3 is 2.87 bits per heavy atom. The van der Waals surface area contributed by atoms with E-state index in [1.165, 1.54) is 21.8 Å². The summed E-state index contributed by atoms with van der Waals surface area (Å²) in [6.45, 7) is 2.30. The SMILES string of the molecule is Cc1ncc(S(=O)(=O)N2CCCC2N)s1. The minimum Gasteiger partial charge on any atom is -0.315 e. The van der Waals surface area contributed by atoms with Crippen molar-refractivity contribution in [3.05, 3.63) is 11.2 Å². The van der Waals surface area contributed by atoms with E-state index in [0.717, 1.165) is 17.8 Å². The number of rotatable bonds is 2. The molecule has 1 aromatic heterocycles. The summed E-state index contributed by atoms with van der Waals surface area (Å²) in [5.74, 6) is 0. The van der Waals surface area contributed by atoms with Crippen LogP contribution < -0.4 is 5.73 Å². The van der Waals surface area contributed by atoms with E-state index in [1.54, 1.807) is 6.92 Å². The Morgan fingerprint density at radius 1 is 1.67 bits per heavy atom. The Labute approximate surface area is 93.0 Å². The van der Waals surface area contributed by atoms with Crippen LogP contribution in [0.15, 0.2) is 10.4 Å². The second-order valence-corrected chi connectivity index (χ2v) is 6.88. The van der Waals surface area contributed by atoms with E-state index in [2.05, 4.69) is 4.98 Å². The fourth-order valence-electron chi connectivity index (χ4n) is 1.64. The molecule has 0 radical (unpaired) electrons. The third-order valence-corrected chi connectivity index (χ3v) is 5.69. The van der Waals surface area contributed by atoms with Crippen LogP contribution in [-0.2, 0) is 10.0 Å². The van der Waals surface area contributed by atoms with Gasteiger partial charge < -0.3 is 5.73 Å². The predicted molar refractivity (Wildman–Crippen MR) is 58.0 cm³/mol. The molecule has 1 fully saturated rings. The third kappa shape index (κ3) is 1.92. The zero-order valence-electron chi connectivity index (χ0n) is 8.38. The molecule has 2 heterocycles. The number of aryl methyl sites for hydroxylation is 1. The summed E-state index contributed by atoms with van der Waals surface area (Å²) in [5, 5.41) is 0.751. The van der Waals surface area contributed by atoms with Crippen molar-refractivity contribution in [3.63, 3.8) is 0 Å². The molecular weight excluding hydrogens is 234 g/mol. The summed E-state index contributed by atoms with van der Waals surface area (Å²) >= 11 is 1.19. The lowest BCUT2D eigenvalue weighted by atomic mass is 10.3. The van der Waals surface area contributed by atoms with Gasteiger partial charge in [0.2, 0.25) is 0 Å². The molecule has 0 spiro atoms. The van der Waals surface area contributed by atoms with Crippen LogP contribution in [0, 0.1) is 6.92 Å². The van der Waals surface area contributed by atoms with Crippen molar-refractivity contribution in [1.82, 2.24) is 9.29 Å². The molecule has 1 aliphatic rings. The molecule has 0 amide bonds. The first-order valence-electron chi connectivity index (χ1n) is 4.71. The molecule has 1 saturated heterocycles. The number of aromatic nitrogens is 1. The van der Waals surface area contributed by atoms with Crippen LogP contribution in [0.5, 0.6) is 0 Å². The van der Waals surface area contributed by atoms with Gasteiger partial charge in [-0.3, -0.25) is 0 Å². The van der Waals surface area contributed by atoms with Gasteiger partial charge in [0, 0.05) is 6.54 Å². The monoisotopic (exact) mass is 247 g/mol. The Morgan fingerprint density at radius 2 is 2.40 bits per heavy atom. The Kier molecular flexibility index (Phi) is 2.80. The number of sulfonamides is 1. The summed E-state index contributed by atoms with van der Waals surface area (Å²) in [7, 11) is -3.40. The average Bonchev–Trinajstić information content (AvgIpc) is 2.74. The zero-order valence-corrected chi connectivity index (χ0v) is 10.0. The van der Waals surface area contributed by atoms with E-state index in [0.29, 0.717) is 6.54 Å². The van der Waals surface area contributed by atoms with E-state index < -0.39 is 10.0 Å². The molecule has 1 unspecified atom stereocenters. The lowest BCUT2D eigenvalue weighted by Gasteiger charge is -2.19. The molecule has 0 saturated carbocycles. The molecule has 7 heteroatoms. The number of nitrogens with two attached hydrogens (primary N) is 1. The first-order valence-corrected chi connectivity index (χ1v) is 6.97. The van der Waals surface area contributed by atoms with Crippen LogP contribution in [-0.4, -0.2) is 30.4 Å². The van der Waals surface area contributed by atoms with Crippen molar-refractivity contribution >= 4 is 21.4 Å². The molecular formula is C8H13N3O2S2. The summed E-state index contributed by atoms with van der Waals surface area (Å²) in [6.07, 6.45) is 2.59. The van der Waals surface area contributed by atoms with Crippen molar-refractivity contribution in [2.24, 2.45) is 5.73 Å². The highest BCUT2D eigenvalue weighted by Crippen LogP contribution is 2.26. The quantitative estimate of drug-likeness (QED) is 0.826. The molecule has 15 heavy (non-hydrogen) atoms. The standard InChI is InChI=1S/C8H13N3O2S2/c1-6-10-5-8(14-6)15(12,13)11-4-2-3-7(11)9/h5,7H,2-4,9H2,1H3. The van der Waals surface area contributed by atoms with Crippen molar-refractivity contribution in [1.29, 1.82) is 0 Å². The van der Waals surface area contributed by atoms with E-state index in [1.807, 2.05) is 0 Å². The summed E-state index contributed by atoms with van der Waals surface area (Å²) in [6, 6.07) is 0. The second-order valence-electron chi connectivity index (χ2n) is 3.52. The van der Waals surface area contributed by atoms with Crippen molar-refractivity contribution < 1.29 is 8.42 Å². The lowest BCUT2D eigenvalue weighted by Crippen LogP contribution is -2.40. The number of nitrogens with zero attached hydrogens (tertiary/aromatic N) is 2. The van der Waals surface area contributed by atoms with Gasteiger partial charge in [0.1, 0.15) is 0 Å². The predicted octanol–water partition coefficient (Wildman–Crippen LogP) is 0.521. The highest BCUT2D eigenvalue weighted by molar-refractivity contribution is 7.91. The summed E-state index contributed by atoms with van der Waals surface area (Å²) in [4.78, 5) is 3.95. The highest BCUT2D eigenvalue weighted by atomic mass is 32.2. The van der Waals surface area contributed by atoms with Crippen molar-refractivity contribution in [2.45, 2.75) is 30.1 Å². The van der Waals surface area contributed by atoms with Crippen LogP contribution in [0.1, 0.15) is 17.8 Å². The lowest BCUT2D eigenvalue weighted by molar-refractivity contribution is 0.397. The highest BCUT2D eigenvalue weighted by Gasteiger charge is 2.34. The summed E-state index contributed by atoms with van der Waals surface area (Å²) in [5.41, 5.74) is 5.74.